The molecule has 1 aromatic rings. The van der Waals surface area contributed by atoms with E-state index in [1.54, 1.807) is 12.4 Å². The van der Waals surface area contributed by atoms with Crippen molar-refractivity contribution in [2.75, 3.05) is 5.75 Å². The van der Waals surface area contributed by atoms with Crippen LogP contribution in [0.2, 0.25) is 0 Å². The molecule has 2 unspecified atom stereocenters. The van der Waals surface area contributed by atoms with E-state index in [1.807, 2.05) is 39.8 Å². The first-order valence-electron chi connectivity index (χ1n) is 6.82. The molecule has 1 rings (SSSR count). The Hall–Kier alpha value is -1.07. The molecule has 20 heavy (non-hydrogen) atoms. The number of rotatable bonds is 6. The lowest BCUT2D eigenvalue weighted by Crippen LogP contribution is -2.28. The quantitative estimate of drug-likeness (QED) is 0.818. The third-order valence-electron chi connectivity index (χ3n) is 2.70. The molecule has 5 heteroatoms. The Morgan fingerprint density at radius 1 is 1.40 bits per heavy atom. The molecule has 0 aromatic carbocycles. The predicted molar refractivity (Wildman–Crippen MR) is 83.5 cm³/mol. The van der Waals surface area contributed by atoms with Crippen LogP contribution < -0.4 is 5.73 Å². The lowest BCUT2D eigenvalue weighted by molar-refractivity contribution is -0.151. The number of esters is 1. The standard InChI is InChI=1S/C15H24N2O2S/c1-5-12(16)14(11-6-8-17-9-7-11)20-10-13(18)19-15(2,3)4/h6-9,12,14H,5,10,16H2,1-4H3. The van der Waals surface area contributed by atoms with Crippen molar-refractivity contribution >= 4 is 17.7 Å². The summed E-state index contributed by atoms with van der Waals surface area (Å²) in [6.45, 7) is 7.65. The Balaban J connectivity index is 2.66. The van der Waals surface area contributed by atoms with Crippen molar-refractivity contribution in [2.45, 2.75) is 51.0 Å². The minimum Gasteiger partial charge on any atom is -0.459 e. The van der Waals surface area contributed by atoms with E-state index >= 15 is 0 Å². The highest BCUT2D eigenvalue weighted by Gasteiger charge is 2.22. The summed E-state index contributed by atoms with van der Waals surface area (Å²) < 4.78 is 5.32. The van der Waals surface area contributed by atoms with E-state index in [2.05, 4.69) is 4.98 Å². The van der Waals surface area contributed by atoms with Crippen LogP contribution in [0.1, 0.15) is 44.9 Å². The molecule has 1 heterocycles. The van der Waals surface area contributed by atoms with Gasteiger partial charge in [0.15, 0.2) is 0 Å². The Morgan fingerprint density at radius 3 is 2.50 bits per heavy atom. The zero-order valence-corrected chi connectivity index (χ0v) is 13.4. The second-order valence-corrected chi connectivity index (χ2v) is 6.80. The first-order chi connectivity index (χ1) is 9.33. The number of aromatic nitrogens is 1. The topological polar surface area (TPSA) is 65.2 Å². The second-order valence-electron chi connectivity index (χ2n) is 5.67. The van der Waals surface area contributed by atoms with Crippen LogP contribution in [0.5, 0.6) is 0 Å². The molecule has 0 amide bonds. The first-order valence-corrected chi connectivity index (χ1v) is 7.87. The maximum absolute atomic E-state index is 11.8. The van der Waals surface area contributed by atoms with Gasteiger partial charge in [-0.05, 0) is 44.9 Å². The summed E-state index contributed by atoms with van der Waals surface area (Å²) >= 11 is 1.53. The van der Waals surface area contributed by atoms with E-state index in [9.17, 15) is 4.79 Å². The molecule has 0 aliphatic carbocycles. The average molecular weight is 296 g/mol. The number of ether oxygens (including phenoxy) is 1. The highest BCUT2D eigenvalue weighted by Crippen LogP contribution is 2.32. The van der Waals surface area contributed by atoms with Crippen LogP contribution in [0.4, 0.5) is 0 Å². The minimum atomic E-state index is -0.448. The van der Waals surface area contributed by atoms with Gasteiger partial charge in [0.2, 0.25) is 0 Å². The molecule has 112 valence electrons. The molecular formula is C15H24N2O2S. The molecule has 0 spiro atoms. The fourth-order valence-electron chi connectivity index (χ4n) is 1.76. The monoisotopic (exact) mass is 296 g/mol. The van der Waals surface area contributed by atoms with Crippen molar-refractivity contribution in [3.63, 3.8) is 0 Å². The van der Waals surface area contributed by atoms with E-state index in [1.165, 1.54) is 11.8 Å². The highest BCUT2D eigenvalue weighted by molar-refractivity contribution is 8.00. The summed E-state index contributed by atoms with van der Waals surface area (Å²) in [6, 6.07) is 3.90. The van der Waals surface area contributed by atoms with Crippen LogP contribution in [-0.2, 0) is 9.53 Å². The van der Waals surface area contributed by atoms with Crippen LogP contribution in [-0.4, -0.2) is 28.3 Å². The lowest BCUT2D eigenvalue weighted by Gasteiger charge is -2.24. The number of nitrogens with zero attached hydrogens (tertiary/aromatic N) is 1. The highest BCUT2D eigenvalue weighted by atomic mass is 32.2. The van der Waals surface area contributed by atoms with Gasteiger partial charge in [-0.1, -0.05) is 6.92 Å². The van der Waals surface area contributed by atoms with Gasteiger partial charge >= 0.3 is 5.97 Å². The molecule has 0 radical (unpaired) electrons. The largest absolute Gasteiger partial charge is 0.459 e. The number of hydrogen-bond acceptors (Lipinski definition) is 5. The number of pyridine rings is 1. The van der Waals surface area contributed by atoms with Crippen molar-refractivity contribution in [1.82, 2.24) is 4.98 Å². The van der Waals surface area contributed by atoms with Crippen LogP contribution in [0.25, 0.3) is 0 Å². The normalized spacial score (nSPS) is 14.7. The number of carbonyl (C=O) groups is 1. The molecule has 0 aliphatic heterocycles. The van der Waals surface area contributed by atoms with Crippen LogP contribution in [0.3, 0.4) is 0 Å². The zero-order chi connectivity index (χ0) is 15.2. The summed E-state index contributed by atoms with van der Waals surface area (Å²) in [5.41, 5.74) is 6.82. The fourth-order valence-corrected chi connectivity index (χ4v) is 2.93. The van der Waals surface area contributed by atoms with E-state index in [4.69, 9.17) is 10.5 Å². The van der Waals surface area contributed by atoms with Gasteiger partial charge < -0.3 is 10.5 Å². The zero-order valence-electron chi connectivity index (χ0n) is 12.6. The predicted octanol–water partition coefficient (Wildman–Crippen LogP) is 2.93. The average Bonchev–Trinajstić information content (AvgIpc) is 2.37. The third-order valence-corrected chi connectivity index (χ3v) is 4.08. The van der Waals surface area contributed by atoms with E-state index < -0.39 is 5.60 Å². The van der Waals surface area contributed by atoms with Gasteiger partial charge in [-0.3, -0.25) is 9.78 Å². The molecular weight excluding hydrogens is 272 g/mol. The van der Waals surface area contributed by atoms with Gasteiger partial charge in [-0.25, -0.2) is 0 Å². The Morgan fingerprint density at radius 2 is 2.00 bits per heavy atom. The van der Waals surface area contributed by atoms with Crippen molar-refractivity contribution in [3.05, 3.63) is 30.1 Å². The maximum Gasteiger partial charge on any atom is 0.316 e. The summed E-state index contributed by atoms with van der Waals surface area (Å²) in [5.74, 6) is 0.0997. The van der Waals surface area contributed by atoms with E-state index in [0.717, 1.165) is 12.0 Å². The van der Waals surface area contributed by atoms with Gasteiger partial charge in [-0.2, -0.15) is 0 Å². The molecule has 0 saturated carbocycles. The summed E-state index contributed by atoms with van der Waals surface area (Å²) in [7, 11) is 0. The van der Waals surface area contributed by atoms with Gasteiger partial charge in [0.25, 0.3) is 0 Å². The molecule has 1 aromatic heterocycles. The van der Waals surface area contributed by atoms with E-state index in [0.29, 0.717) is 5.75 Å². The molecule has 0 bridgehead atoms. The van der Waals surface area contributed by atoms with Crippen molar-refractivity contribution in [1.29, 1.82) is 0 Å². The summed E-state index contributed by atoms with van der Waals surface area (Å²) in [4.78, 5) is 15.8. The number of carbonyl (C=O) groups excluding carboxylic acids is 1. The van der Waals surface area contributed by atoms with Gasteiger partial charge in [-0.15, -0.1) is 11.8 Å². The number of hydrogen-bond donors (Lipinski definition) is 1. The van der Waals surface area contributed by atoms with Crippen LogP contribution in [0.15, 0.2) is 24.5 Å². The van der Waals surface area contributed by atoms with Gasteiger partial charge in [0.1, 0.15) is 5.60 Å². The lowest BCUT2D eigenvalue weighted by atomic mass is 10.1. The summed E-state index contributed by atoms with van der Waals surface area (Å²) in [6.07, 6.45) is 4.35. The van der Waals surface area contributed by atoms with E-state index in [-0.39, 0.29) is 17.3 Å². The van der Waals surface area contributed by atoms with Crippen LogP contribution >= 0.6 is 11.8 Å². The molecule has 2 atom stereocenters. The molecule has 0 fully saturated rings. The third kappa shape index (κ3) is 5.92. The minimum absolute atomic E-state index is 0.00448. The summed E-state index contributed by atoms with van der Waals surface area (Å²) in [5, 5.41) is 0.0792. The number of nitrogens with two attached hydrogens (primary N) is 1. The number of thioether (sulfide) groups is 1. The molecule has 2 N–H and O–H groups in total. The molecule has 4 nitrogen and oxygen atoms in total. The van der Waals surface area contributed by atoms with Crippen molar-refractivity contribution in [2.24, 2.45) is 5.73 Å². The molecule has 0 saturated heterocycles. The first kappa shape index (κ1) is 17.0. The Kier molecular flexibility index (Phi) is 6.49. The Labute approximate surface area is 125 Å². The smallest absolute Gasteiger partial charge is 0.316 e. The molecule has 0 aliphatic rings. The van der Waals surface area contributed by atoms with Crippen molar-refractivity contribution < 1.29 is 9.53 Å². The SMILES string of the molecule is CCC(N)C(SCC(=O)OC(C)(C)C)c1ccncc1. The second kappa shape index (κ2) is 7.64. The van der Waals surface area contributed by atoms with Gasteiger partial charge in [0, 0.05) is 23.7 Å². The fraction of sp³-hybridized carbons (Fsp3) is 0.600. The maximum atomic E-state index is 11.8. The van der Waals surface area contributed by atoms with Gasteiger partial charge in [0.05, 0.1) is 5.75 Å². The van der Waals surface area contributed by atoms with Crippen molar-refractivity contribution in [3.8, 4) is 0 Å². The van der Waals surface area contributed by atoms with Crippen LogP contribution in [0, 0.1) is 0 Å². The Bertz CT molecular complexity index is 418.